The van der Waals surface area contributed by atoms with Crippen LogP contribution < -0.4 is 9.47 Å². The topological polar surface area (TPSA) is 65.1 Å². The first-order valence-corrected chi connectivity index (χ1v) is 8.72. The highest BCUT2D eigenvalue weighted by Gasteiger charge is 2.36. The Morgan fingerprint density at radius 3 is 2.44 bits per heavy atom. The first-order valence-electron chi connectivity index (χ1n) is 8.72. The summed E-state index contributed by atoms with van der Waals surface area (Å²) in [7, 11) is 4.55. The smallest absolute Gasteiger partial charge is 0.307 e. The number of hydrogen-bond donors (Lipinski definition) is 0. The summed E-state index contributed by atoms with van der Waals surface area (Å²) in [5.74, 6) is 1.03. The molecule has 1 heterocycles. The number of carbonyl (C=O) groups excluding carboxylic acids is 2. The molecule has 0 aliphatic carbocycles. The standard InChI is InChI=1S/C21H23NO5/c1-25-16-9-7-14(8-10-16)13-22-17(12-20(24)27-3)21-15(11-19(22)23)5-4-6-18(21)26-2/h4-10,17H,11-13H2,1-3H3. The van der Waals surface area contributed by atoms with Crippen LogP contribution in [0.3, 0.4) is 0 Å². The van der Waals surface area contributed by atoms with Crippen molar-refractivity contribution in [1.82, 2.24) is 4.90 Å². The van der Waals surface area contributed by atoms with Crippen LogP contribution in [-0.2, 0) is 27.3 Å². The maximum Gasteiger partial charge on any atom is 0.307 e. The maximum atomic E-state index is 12.9. The van der Waals surface area contributed by atoms with Gasteiger partial charge in [-0.25, -0.2) is 0 Å². The molecule has 0 radical (unpaired) electrons. The molecule has 0 bridgehead atoms. The van der Waals surface area contributed by atoms with E-state index < -0.39 is 6.04 Å². The van der Waals surface area contributed by atoms with Gasteiger partial charge < -0.3 is 19.1 Å². The molecule has 0 fully saturated rings. The molecule has 6 heteroatoms. The van der Waals surface area contributed by atoms with Gasteiger partial charge in [0.2, 0.25) is 5.91 Å². The monoisotopic (exact) mass is 369 g/mol. The van der Waals surface area contributed by atoms with Crippen molar-refractivity contribution in [3.05, 3.63) is 59.2 Å². The van der Waals surface area contributed by atoms with Gasteiger partial charge >= 0.3 is 5.97 Å². The second-order valence-electron chi connectivity index (χ2n) is 6.38. The summed E-state index contributed by atoms with van der Waals surface area (Å²) in [6.45, 7) is 0.391. The molecule has 1 atom stereocenters. The third-order valence-electron chi connectivity index (χ3n) is 4.85. The van der Waals surface area contributed by atoms with E-state index in [0.29, 0.717) is 12.3 Å². The number of nitrogens with zero attached hydrogens (tertiary/aromatic N) is 1. The van der Waals surface area contributed by atoms with Gasteiger partial charge in [0, 0.05) is 12.1 Å². The van der Waals surface area contributed by atoms with Gasteiger partial charge in [0.1, 0.15) is 11.5 Å². The van der Waals surface area contributed by atoms with Crippen molar-refractivity contribution in [1.29, 1.82) is 0 Å². The average Bonchev–Trinajstić information content (AvgIpc) is 2.70. The van der Waals surface area contributed by atoms with Crippen molar-refractivity contribution in [2.45, 2.75) is 25.4 Å². The number of ether oxygens (including phenoxy) is 3. The number of carbonyl (C=O) groups is 2. The quantitative estimate of drug-likeness (QED) is 0.733. The van der Waals surface area contributed by atoms with Crippen LogP contribution in [0.4, 0.5) is 0 Å². The molecule has 142 valence electrons. The molecule has 0 aromatic heterocycles. The molecule has 1 aliphatic heterocycles. The summed E-state index contributed by atoms with van der Waals surface area (Å²) >= 11 is 0. The minimum atomic E-state index is -0.438. The summed E-state index contributed by atoms with van der Waals surface area (Å²) in [6, 6.07) is 12.7. The minimum Gasteiger partial charge on any atom is -0.497 e. The number of hydrogen-bond acceptors (Lipinski definition) is 5. The second-order valence-corrected chi connectivity index (χ2v) is 6.38. The number of benzene rings is 2. The third-order valence-corrected chi connectivity index (χ3v) is 4.85. The van der Waals surface area contributed by atoms with E-state index in [-0.39, 0.29) is 24.7 Å². The van der Waals surface area contributed by atoms with Gasteiger partial charge in [0.05, 0.1) is 40.2 Å². The normalized spacial score (nSPS) is 15.9. The lowest BCUT2D eigenvalue weighted by Gasteiger charge is -2.37. The largest absolute Gasteiger partial charge is 0.497 e. The van der Waals surface area contributed by atoms with E-state index in [0.717, 1.165) is 22.4 Å². The Balaban J connectivity index is 1.99. The summed E-state index contributed by atoms with van der Waals surface area (Å²) in [4.78, 5) is 26.7. The fourth-order valence-electron chi connectivity index (χ4n) is 3.47. The predicted molar refractivity (Wildman–Crippen MR) is 99.6 cm³/mol. The van der Waals surface area contributed by atoms with Gasteiger partial charge in [0.25, 0.3) is 0 Å². The maximum absolute atomic E-state index is 12.9. The van der Waals surface area contributed by atoms with Crippen molar-refractivity contribution >= 4 is 11.9 Å². The molecule has 6 nitrogen and oxygen atoms in total. The summed E-state index contributed by atoms with van der Waals surface area (Å²) in [5.41, 5.74) is 2.72. The second kappa shape index (κ2) is 8.12. The molecule has 1 unspecified atom stereocenters. The molecular formula is C21H23NO5. The lowest BCUT2D eigenvalue weighted by atomic mass is 9.89. The van der Waals surface area contributed by atoms with Crippen LogP contribution in [0.5, 0.6) is 11.5 Å². The zero-order valence-electron chi connectivity index (χ0n) is 15.7. The molecule has 27 heavy (non-hydrogen) atoms. The van der Waals surface area contributed by atoms with E-state index in [1.54, 1.807) is 19.1 Å². The van der Waals surface area contributed by atoms with Crippen LogP contribution in [0.1, 0.15) is 29.2 Å². The molecule has 0 N–H and O–H groups in total. The predicted octanol–water partition coefficient (Wildman–Crippen LogP) is 2.89. The van der Waals surface area contributed by atoms with E-state index in [1.165, 1.54) is 7.11 Å². The molecular weight excluding hydrogens is 346 g/mol. The Labute approximate surface area is 158 Å². The van der Waals surface area contributed by atoms with Crippen molar-refractivity contribution in [3.8, 4) is 11.5 Å². The van der Waals surface area contributed by atoms with Crippen LogP contribution in [0.2, 0.25) is 0 Å². The van der Waals surface area contributed by atoms with Crippen LogP contribution >= 0.6 is 0 Å². The Bertz CT molecular complexity index is 831. The molecule has 0 saturated carbocycles. The molecule has 0 spiro atoms. The van der Waals surface area contributed by atoms with Gasteiger partial charge in [-0.15, -0.1) is 0 Å². The van der Waals surface area contributed by atoms with E-state index in [4.69, 9.17) is 14.2 Å². The lowest BCUT2D eigenvalue weighted by molar-refractivity contribution is -0.144. The van der Waals surface area contributed by atoms with Gasteiger partial charge in [-0.1, -0.05) is 24.3 Å². The zero-order chi connectivity index (χ0) is 19.4. The van der Waals surface area contributed by atoms with Crippen LogP contribution in [-0.4, -0.2) is 38.1 Å². The number of methoxy groups -OCH3 is 3. The van der Waals surface area contributed by atoms with E-state index in [9.17, 15) is 9.59 Å². The molecule has 1 aliphatic rings. The Hall–Kier alpha value is -3.02. The summed E-state index contributed by atoms with van der Waals surface area (Å²) in [5, 5.41) is 0. The van der Waals surface area contributed by atoms with Gasteiger partial charge in [-0.3, -0.25) is 9.59 Å². The number of fused-ring (bicyclic) bond motifs is 1. The number of esters is 1. The van der Waals surface area contributed by atoms with Crippen LogP contribution in [0, 0.1) is 0 Å². The van der Waals surface area contributed by atoms with Crippen molar-refractivity contribution in [2.75, 3.05) is 21.3 Å². The minimum absolute atomic E-state index is 0.0273. The van der Waals surface area contributed by atoms with Gasteiger partial charge in [-0.2, -0.15) is 0 Å². The van der Waals surface area contributed by atoms with Gasteiger partial charge in [0.15, 0.2) is 0 Å². The zero-order valence-corrected chi connectivity index (χ0v) is 15.7. The SMILES string of the molecule is COC(=O)CC1c2c(cccc2OC)CC(=O)N1Cc1ccc(OC)cc1. The molecule has 2 aromatic carbocycles. The average molecular weight is 369 g/mol. The Morgan fingerprint density at radius 2 is 1.81 bits per heavy atom. The fourth-order valence-corrected chi connectivity index (χ4v) is 3.47. The van der Waals surface area contributed by atoms with E-state index in [1.807, 2.05) is 42.5 Å². The van der Waals surface area contributed by atoms with E-state index >= 15 is 0 Å². The molecule has 3 rings (SSSR count). The van der Waals surface area contributed by atoms with Crippen molar-refractivity contribution in [3.63, 3.8) is 0 Å². The fraction of sp³-hybridized carbons (Fsp3) is 0.333. The number of rotatable bonds is 6. The molecule has 2 aromatic rings. The van der Waals surface area contributed by atoms with Crippen LogP contribution in [0.15, 0.2) is 42.5 Å². The lowest BCUT2D eigenvalue weighted by Crippen LogP contribution is -2.41. The van der Waals surface area contributed by atoms with Crippen molar-refractivity contribution in [2.24, 2.45) is 0 Å². The summed E-state index contributed by atoms with van der Waals surface area (Å²) < 4.78 is 15.6. The highest BCUT2D eigenvalue weighted by atomic mass is 16.5. The van der Waals surface area contributed by atoms with Gasteiger partial charge in [-0.05, 0) is 29.3 Å². The summed E-state index contributed by atoms with van der Waals surface area (Å²) in [6.07, 6.45) is 0.353. The Kier molecular flexibility index (Phi) is 5.64. The number of amides is 1. The first-order chi connectivity index (χ1) is 13.1. The molecule has 1 amide bonds. The first kappa shape index (κ1) is 18.8. The highest BCUT2D eigenvalue weighted by Crippen LogP contribution is 2.40. The third kappa shape index (κ3) is 3.89. The Morgan fingerprint density at radius 1 is 1.07 bits per heavy atom. The van der Waals surface area contributed by atoms with Crippen molar-refractivity contribution < 1.29 is 23.8 Å². The molecule has 0 saturated heterocycles. The highest BCUT2D eigenvalue weighted by molar-refractivity contribution is 5.83. The van der Waals surface area contributed by atoms with E-state index in [2.05, 4.69) is 0 Å². The van der Waals surface area contributed by atoms with Crippen LogP contribution in [0.25, 0.3) is 0 Å².